The Morgan fingerprint density at radius 2 is 1.93 bits per heavy atom. The van der Waals surface area contributed by atoms with Crippen LogP contribution in [0, 0.1) is 17.8 Å². The van der Waals surface area contributed by atoms with Crippen molar-refractivity contribution < 1.29 is 14.3 Å². The first-order valence-electron chi connectivity index (χ1n) is 4.56. The van der Waals surface area contributed by atoms with Gasteiger partial charge in [0.15, 0.2) is 0 Å². The third-order valence-electron chi connectivity index (χ3n) is 3.10. The van der Waals surface area contributed by atoms with Crippen molar-refractivity contribution >= 4 is 43.8 Å². The largest absolute Gasteiger partial charge is 0.393 e. The molecule has 0 amide bonds. The molecule has 2 aliphatic rings. The van der Waals surface area contributed by atoms with E-state index in [4.69, 9.17) is 0 Å². The van der Waals surface area contributed by atoms with Crippen LogP contribution in [-0.4, -0.2) is 21.6 Å². The molecule has 0 N–H and O–H groups in total. The predicted octanol–water partition coefficient (Wildman–Crippen LogP) is 1.87. The lowest BCUT2D eigenvalue weighted by Crippen LogP contribution is -2.41. The van der Waals surface area contributed by atoms with Crippen molar-refractivity contribution in [2.24, 2.45) is 17.8 Å². The van der Waals surface area contributed by atoms with Gasteiger partial charge in [-0.25, -0.2) is 0 Å². The molecule has 1 saturated carbocycles. The van der Waals surface area contributed by atoms with Gasteiger partial charge in [-0.2, -0.15) is 0 Å². The van der Waals surface area contributed by atoms with E-state index >= 15 is 0 Å². The van der Waals surface area contributed by atoms with Crippen molar-refractivity contribution in [2.45, 2.75) is 23.0 Å². The molecule has 0 spiro atoms. The van der Waals surface area contributed by atoms with E-state index < -0.39 is 0 Å². The summed E-state index contributed by atoms with van der Waals surface area (Å²) in [6, 6.07) is 0. The van der Waals surface area contributed by atoms with E-state index in [1.165, 1.54) is 0 Å². The van der Waals surface area contributed by atoms with Crippen LogP contribution in [0.2, 0.25) is 0 Å². The Morgan fingerprint density at radius 3 is 2.57 bits per heavy atom. The summed E-state index contributed by atoms with van der Waals surface area (Å²) in [5, 5.41) is 0. The Hall–Kier alpha value is 0.1000. The molecule has 2 fully saturated rings. The average Bonchev–Trinajstić information content (AvgIpc) is 2.38. The molecule has 0 radical (unpaired) electrons. The first-order chi connectivity index (χ1) is 6.52. The number of alkyl halides is 2. The highest BCUT2D eigenvalue weighted by atomic mass is 79.9. The van der Waals surface area contributed by atoms with Crippen molar-refractivity contribution in [2.75, 3.05) is 0 Å². The molecule has 5 atom stereocenters. The number of halogens is 2. The number of fused-ring (bicyclic) bond motifs is 1. The van der Waals surface area contributed by atoms with Gasteiger partial charge in [-0.3, -0.25) is 9.59 Å². The summed E-state index contributed by atoms with van der Waals surface area (Å²) in [7, 11) is 0. The maximum atomic E-state index is 11.4. The molecule has 0 aromatic heterocycles. The Kier molecular flexibility index (Phi) is 2.72. The minimum atomic E-state index is -0.351. The van der Waals surface area contributed by atoms with Gasteiger partial charge < -0.3 is 4.74 Å². The Bertz CT molecular complexity index is 292. The summed E-state index contributed by atoms with van der Waals surface area (Å²) < 4.78 is 4.66. The highest BCUT2D eigenvalue weighted by molar-refractivity contribution is 9.12. The molecule has 0 bridgehead atoms. The van der Waals surface area contributed by atoms with E-state index in [0.717, 1.165) is 0 Å². The fourth-order valence-electron chi connectivity index (χ4n) is 2.28. The van der Waals surface area contributed by atoms with E-state index in [0.29, 0.717) is 6.42 Å². The molecule has 2 rings (SSSR count). The molecule has 0 aromatic rings. The van der Waals surface area contributed by atoms with E-state index in [9.17, 15) is 9.59 Å². The molecular formula is C9H10Br2O3. The minimum Gasteiger partial charge on any atom is -0.393 e. The van der Waals surface area contributed by atoms with Gasteiger partial charge in [-0.1, -0.05) is 38.8 Å². The van der Waals surface area contributed by atoms with Gasteiger partial charge in [0.25, 0.3) is 0 Å². The van der Waals surface area contributed by atoms with Crippen molar-refractivity contribution in [3.8, 4) is 0 Å². The Morgan fingerprint density at radius 1 is 1.29 bits per heavy atom. The molecule has 78 valence electrons. The molecule has 14 heavy (non-hydrogen) atoms. The number of cyclic esters (lactones) is 2. The van der Waals surface area contributed by atoms with Gasteiger partial charge in [0.05, 0.1) is 11.8 Å². The Balaban J connectivity index is 2.28. The fraction of sp³-hybridized carbons (Fsp3) is 0.778. The minimum absolute atomic E-state index is 0.136. The van der Waals surface area contributed by atoms with Crippen molar-refractivity contribution in [1.82, 2.24) is 0 Å². The molecule has 1 aliphatic heterocycles. The Labute approximate surface area is 98.8 Å². The number of hydrogen-bond donors (Lipinski definition) is 0. The number of carbonyl (C=O) groups excluding carboxylic acids is 2. The quantitative estimate of drug-likeness (QED) is 0.388. The zero-order chi connectivity index (χ0) is 10.5. The van der Waals surface area contributed by atoms with Gasteiger partial charge in [-0.15, -0.1) is 0 Å². The molecule has 1 aliphatic carbocycles. The smallest absolute Gasteiger partial charge is 0.317 e. The average molecular weight is 326 g/mol. The van der Waals surface area contributed by atoms with Crippen molar-refractivity contribution in [1.29, 1.82) is 0 Å². The monoisotopic (exact) mass is 324 g/mol. The fourth-order valence-corrected chi connectivity index (χ4v) is 3.71. The van der Waals surface area contributed by atoms with E-state index in [-0.39, 0.29) is 39.3 Å². The molecule has 1 saturated heterocycles. The van der Waals surface area contributed by atoms with Crippen LogP contribution in [-0.2, 0) is 14.3 Å². The summed E-state index contributed by atoms with van der Waals surface area (Å²) in [6.07, 6.45) is 0.676. The van der Waals surface area contributed by atoms with Gasteiger partial charge >= 0.3 is 11.9 Å². The maximum absolute atomic E-state index is 11.4. The normalized spacial score (nSPS) is 47.5. The van der Waals surface area contributed by atoms with Gasteiger partial charge in [0.2, 0.25) is 0 Å². The van der Waals surface area contributed by atoms with Gasteiger partial charge in [0.1, 0.15) is 0 Å². The predicted molar refractivity (Wildman–Crippen MR) is 57.3 cm³/mol. The third-order valence-corrected chi connectivity index (χ3v) is 6.23. The third kappa shape index (κ3) is 1.45. The number of rotatable bonds is 0. The molecule has 5 heteroatoms. The number of hydrogen-bond acceptors (Lipinski definition) is 3. The van der Waals surface area contributed by atoms with Crippen LogP contribution >= 0.6 is 31.9 Å². The highest BCUT2D eigenvalue weighted by Crippen LogP contribution is 2.45. The number of carbonyl (C=O) groups is 2. The highest BCUT2D eigenvalue weighted by Gasteiger charge is 2.53. The van der Waals surface area contributed by atoms with Crippen LogP contribution in [0.3, 0.4) is 0 Å². The number of esters is 2. The molecule has 1 heterocycles. The first kappa shape index (κ1) is 10.6. The molecular weight excluding hydrogens is 316 g/mol. The molecule has 3 nitrogen and oxygen atoms in total. The van der Waals surface area contributed by atoms with Crippen LogP contribution in [0.25, 0.3) is 0 Å². The lowest BCUT2D eigenvalue weighted by atomic mass is 9.74. The van der Waals surface area contributed by atoms with E-state index in [1.54, 1.807) is 0 Å². The summed E-state index contributed by atoms with van der Waals surface area (Å²) >= 11 is 7.05. The van der Waals surface area contributed by atoms with Gasteiger partial charge in [0, 0.05) is 9.65 Å². The van der Waals surface area contributed by atoms with Crippen molar-refractivity contribution in [3.63, 3.8) is 0 Å². The SMILES string of the molecule is C[C@@H]1[C@H](Br)[C@@H](Br)C[C@@H]2C(=O)OC(=O)[C@H]12. The maximum Gasteiger partial charge on any atom is 0.317 e. The van der Waals surface area contributed by atoms with E-state index in [2.05, 4.69) is 36.6 Å². The molecule has 0 aromatic carbocycles. The van der Waals surface area contributed by atoms with Crippen molar-refractivity contribution in [3.05, 3.63) is 0 Å². The lowest BCUT2D eigenvalue weighted by Gasteiger charge is -2.34. The summed E-state index contributed by atoms with van der Waals surface area (Å²) in [5.41, 5.74) is 0. The zero-order valence-electron chi connectivity index (χ0n) is 7.57. The summed E-state index contributed by atoms with van der Waals surface area (Å²) in [5.74, 6) is -1.06. The second kappa shape index (κ2) is 3.59. The van der Waals surface area contributed by atoms with Crippen LogP contribution < -0.4 is 0 Å². The standard InChI is InChI=1S/C9H10Br2O3/c1-3-6-4(2-5(10)7(3)11)8(12)14-9(6)13/h3-7H,2H2,1H3/t3-,4-,5-,6+,7-/m0/s1. The van der Waals surface area contributed by atoms with Crippen LogP contribution in [0.5, 0.6) is 0 Å². The van der Waals surface area contributed by atoms with E-state index in [1.807, 2.05) is 6.92 Å². The summed E-state index contributed by atoms with van der Waals surface area (Å²) in [4.78, 5) is 23.2. The van der Waals surface area contributed by atoms with Crippen LogP contribution in [0.15, 0.2) is 0 Å². The second-order valence-electron chi connectivity index (χ2n) is 3.93. The van der Waals surface area contributed by atoms with Crippen LogP contribution in [0.1, 0.15) is 13.3 Å². The zero-order valence-corrected chi connectivity index (χ0v) is 10.7. The molecule has 0 unspecified atom stereocenters. The second-order valence-corrected chi connectivity index (χ2v) is 6.16. The summed E-state index contributed by atoms with van der Waals surface area (Å²) in [6.45, 7) is 1.98. The number of ether oxygens (including phenoxy) is 1. The lowest BCUT2D eigenvalue weighted by molar-refractivity contribution is -0.154. The van der Waals surface area contributed by atoms with Gasteiger partial charge in [-0.05, 0) is 12.3 Å². The topological polar surface area (TPSA) is 43.4 Å². The van der Waals surface area contributed by atoms with Crippen LogP contribution in [0.4, 0.5) is 0 Å². The first-order valence-corrected chi connectivity index (χ1v) is 6.39.